The van der Waals surface area contributed by atoms with Gasteiger partial charge in [-0.15, -0.1) is 0 Å². The molecule has 17 heavy (non-hydrogen) atoms. The third-order valence-corrected chi connectivity index (χ3v) is 2.86. The van der Waals surface area contributed by atoms with Crippen LogP contribution in [-0.2, 0) is 0 Å². The Hall–Kier alpha value is -1.62. The summed E-state index contributed by atoms with van der Waals surface area (Å²) in [7, 11) is 0. The Morgan fingerprint density at radius 2 is 2.35 bits per heavy atom. The van der Waals surface area contributed by atoms with Crippen molar-refractivity contribution in [1.82, 2.24) is 10.2 Å². The fourth-order valence-corrected chi connectivity index (χ4v) is 2.00. The van der Waals surface area contributed by atoms with Crippen LogP contribution in [0, 0.1) is 5.82 Å². The lowest BCUT2D eigenvalue weighted by molar-refractivity contribution is 0.0701. The van der Waals surface area contributed by atoms with Crippen molar-refractivity contribution in [3.05, 3.63) is 29.6 Å². The lowest BCUT2D eigenvalue weighted by Crippen LogP contribution is -2.51. The quantitative estimate of drug-likeness (QED) is 0.766. The number of rotatable bonds is 1. The second-order valence-electron chi connectivity index (χ2n) is 4.24. The topological polar surface area (TPSA) is 52.6 Å². The molecule has 4 nitrogen and oxygen atoms in total. The Morgan fingerprint density at radius 3 is 3.00 bits per heavy atom. The molecule has 1 aromatic carbocycles. The van der Waals surface area contributed by atoms with Gasteiger partial charge in [0.15, 0.2) is 0 Å². The van der Waals surface area contributed by atoms with E-state index in [1.54, 1.807) is 4.90 Å². The van der Waals surface area contributed by atoms with Crippen LogP contribution in [0.2, 0.25) is 0 Å². The maximum Gasteiger partial charge on any atom is 0.260 e. The minimum atomic E-state index is -0.679. The number of aromatic hydroxyl groups is 1. The Bertz CT molecular complexity index is 416. The minimum absolute atomic E-state index is 0.182. The van der Waals surface area contributed by atoms with Gasteiger partial charge in [-0.2, -0.15) is 0 Å². The number of piperazine rings is 1. The van der Waals surface area contributed by atoms with Gasteiger partial charge in [-0.05, 0) is 19.1 Å². The molecular formula is C12H15FN2O2. The van der Waals surface area contributed by atoms with Crippen LogP contribution in [0.5, 0.6) is 5.75 Å². The van der Waals surface area contributed by atoms with Crippen molar-refractivity contribution in [2.24, 2.45) is 0 Å². The van der Waals surface area contributed by atoms with E-state index in [0.29, 0.717) is 19.6 Å². The van der Waals surface area contributed by atoms with E-state index in [-0.39, 0.29) is 17.4 Å². The van der Waals surface area contributed by atoms with Crippen molar-refractivity contribution in [3.63, 3.8) is 0 Å². The van der Waals surface area contributed by atoms with Gasteiger partial charge in [-0.1, -0.05) is 6.07 Å². The molecule has 1 aliphatic heterocycles. The van der Waals surface area contributed by atoms with E-state index in [1.807, 2.05) is 6.92 Å². The highest BCUT2D eigenvalue weighted by Gasteiger charge is 2.25. The molecule has 0 radical (unpaired) electrons. The normalized spacial score (nSPS) is 20.4. The molecule has 0 bridgehead atoms. The number of benzene rings is 1. The summed E-state index contributed by atoms with van der Waals surface area (Å²) in [6.07, 6.45) is 0. The smallest absolute Gasteiger partial charge is 0.260 e. The van der Waals surface area contributed by atoms with E-state index in [2.05, 4.69) is 5.32 Å². The summed E-state index contributed by atoms with van der Waals surface area (Å²) in [6.45, 7) is 3.69. The molecule has 1 heterocycles. The summed E-state index contributed by atoms with van der Waals surface area (Å²) in [6, 6.07) is 4.06. The summed E-state index contributed by atoms with van der Waals surface area (Å²) in [5.74, 6) is -1.43. The molecule has 1 fully saturated rings. The summed E-state index contributed by atoms with van der Waals surface area (Å²) >= 11 is 0. The predicted octanol–water partition coefficient (Wildman–Crippen LogP) is 0.965. The number of nitrogens with zero attached hydrogens (tertiary/aromatic N) is 1. The van der Waals surface area contributed by atoms with Gasteiger partial charge in [0.2, 0.25) is 0 Å². The van der Waals surface area contributed by atoms with Gasteiger partial charge in [0.1, 0.15) is 17.1 Å². The molecule has 0 saturated carbocycles. The third-order valence-electron chi connectivity index (χ3n) is 2.86. The van der Waals surface area contributed by atoms with Crippen molar-refractivity contribution < 1.29 is 14.3 Å². The van der Waals surface area contributed by atoms with Crippen LogP contribution in [0.15, 0.2) is 18.2 Å². The number of phenols is 1. The molecule has 2 rings (SSSR count). The number of hydrogen-bond donors (Lipinski definition) is 2. The van der Waals surface area contributed by atoms with Gasteiger partial charge in [0.25, 0.3) is 5.91 Å². The van der Waals surface area contributed by atoms with Gasteiger partial charge in [-0.25, -0.2) is 4.39 Å². The standard InChI is InChI=1S/C12H15FN2O2/c1-8-7-15(6-5-14-8)12(17)11-9(13)3-2-4-10(11)16/h2-4,8,14,16H,5-7H2,1H3/t8-/m1/s1. The largest absolute Gasteiger partial charge is 0.507 e. The van der Waals surface area contributed by atoms with Crippen LogP contribution in [0.3, 0.4) is 0 Å². The van der Waals surface area contributed by atoms with Crippen LogP contribution in [0.1, 0.15) is 17.3 Å². The molecular weight excluding hydrogens is 223 g/mol. The predicted molar refractivity (Wildman–Crippen MR) is 61.4 cm³/mol. The molecule has 1 atom stereocenters. The minimum Gasteiger partial charge on any atom is -0.507 e. The zero-order valence-electron chi connectivity index (χ0n) is 9.61. The maximum absolute atomic E-state index is 13.5. The number of phenolic OH excluding ortho intramolecular Hbond substituents is 1. The Kier molecular flexibility index (Phi) is 3.28. The molecule has 5 heteroatoms. The summed E-state index contributed by atoms with van der Waals surface area (Å²) in [4.78, 5) is 13.6. The number of carbonyl (C=O) groups excluding carboxylic acids is 1. The van der Waals surface area contributed by atoms with Crippen molar-refractivity contribution in [2.45, 2.75) is 13.0 Å². The van der Waals surface area contributed by atoms with E-state index in [0.717, 1.165) is 0 Å². The zero-order valence-corrected chi connectivity index (χ0v) is 9.61. The third kappa shape index (κ3) is 2.39. The first-order chi connectivity index (χ1) is 8.09. The monoisotopic (exact) mass is 238 g/mol. The number of nitrogens with one attached hydrogen (secondary N) is 1. The van der Waals surface area contributed by atoms with Crippen LogP contribution in [-0.4, -0.2) is 41.6 Å². The highest BCUT2D eigenvalue weighted by Crippen LogP contribution is 2.22. The molecule has 0 aromatic heterocycles. The SMILES string of the molecule is C[C@@H]1CN(C(=O)c2c(O)cccc2F)CCN1. The fourth-order valence-electron chi connectivity index (χ4n) is 2.00. The van der Waals surface area contributed by atoms with E-state index >= 15 is 0 Å². The first-order valence-electron chi connectivity index (χ1n) is 5.59. The summed E-state index contributed by atoms with van der Waals surface area (Å²) in [5.41, 5.74) is -0.235. The van der Waals surface area contributed by atoms with Crippen LogP contribution in [0.4, 0.5) is 4.39 Å². The molecule has 0 aliphatic carbocycles. The van der Waals surface area contributed by atoms with E-state index in [1.165, 1.54) is 18.2 Å². The van der Waals surface area contributed by atoms with Crippen molar-refractivity contribution in [3.8, 4) is 5.75 Å². The molecule has 92 valence electrons. The van der Waals surface area contributed by atoms with Crippen LogP contribution in [0.25, 0.3) is 0 Å². The van der Waals surface area contributed by atoms with Crippen LogP contribution < -0.4 is 5.32 Å². The average Bonchev–Trinajstić information content (AvgIpc) is 2.28. The molecule has 1 aliphatic rings. The molecule has 0 unspecified atom stereocenters. The first-order valence-corrected chi connectivity index (χ1v) is 5.59. The number of hydrogen-bond acceptors (Lipinski definition) is 3. The zero-order chi connectivity index (χ0) is 12.4. The van der Waals surface area contributed by atoms with Crippen molar-refractivity contribution in [1.29, 1.82) is 0 Å². The van der Waals surface area contributed by atoms with Gasteiger partial charge in [0, 0.05) is 25.7 Å². The number of amides is 1. The summed E-state index contributed by atoms with van der Waals surface area (Å²) in [5, 5.41) is 12.8. The van der Waals surface area contributed by atoms with Gasteiger partial charge in [0.05, 0.1) is 0 Å². The fraction of sp³-hybridized carbons (Fsp3) is 0.417. The summed E-state index contributed by atoms with van der Waals surface area (Å²) < 4.78 is 13.5. The Balaban J connectivity index is 2.24. The molecule has 1 aromatic rings. The van der Waals surface area contributed by atoms with E-state index < -0.39 is 11.7 Å². The Morgan fingerprint density at radius 1 is 1.59 bits per heavy atom. The molecule has 1 amide bonds. The highest BCUT2D eigenvalue weighted by atomic mass is 19.1. The van der Waals surface area contributed by atoms with Crippen LogP contribution >= 0.6 is 0 Å². The number of carbonyl (C=O) groups is 1. The maximum atomic E-state index is 13.5. The van der Waals surface area contributed by atoms with E-state index in [4.69, 9.17) is 0 Å². The molecule has 0 spiro atoms. The van der Waals surface area contributed by atoms with Gasteiger partial charge >= 0.3 is 0 Å². The van der Waals surface area contributed by atoms with Crippen molar-refractivity contribution in [2.75, 3.05) is 19.6 Å². The highest BCUT2D eigenvalue weighted by molar-refractivity contribution is 5.97. The average molecular weight is 238 g/mol. The van der Waals surface area contributed by atoms with Gasteiger partial charge < -0.3 is 15.3 Å². The Labute approximate surface area is 99.0 Å². The first kappa shape index (κ1) is 11.9. The van der Waals surface area contributed by atoms with Crippen molar-refractivity contribution >= 4 is 5.91 Å². The second kappa shape index (κ2) is 4.71. The lowest BCUT2D eigenvalue weighted by atomic mass is 10.1. The van der Waals surface area contributed by atoms with E-state index in [9.17, 15) is 14.3 Å². The molecule has 2 N–H and O–H groups in total. The second-order valence-corrected chi connectivity index (χ2v) is 4.24. The number of halogens is 1. The molecule has 1 saturated heterocycles. The lowest BCUT2D eigenvalue weighted by Gasteiger charge is -2.32. The van der Waals surface area contributed by atoms with Gasteiger partial charge in [-0.3, -0.25) is 4.79 Å².